The minimum atomic E-state index is 0. The second-order valence-electron chi connectivity index (χ2n) is 6.06. The van der Waals surface area contributed by atoms with Crippen molar-refractivity contribution < 1.29 is 4.79 Å². The Morgan fingerprint density at radius 1 is 1.33 bits per heavy atom. The van der Waals surface area contributed by atoms with E-state index in [9.17, 15) is 4.79 Å². The molecule has 1 fully saturated rings. The molecule has 1 aliphatic rings. The summed E-state index contributed by atoms with van der Waals surface area (Å²) in [5.74, 6) is 0.932. The van der Waals surface area contributed by atoms with Gasteiger partial charge in [-0.3, -0.25) is 4.79 Å². The summed E-state index contributed by atoms with van der Waals surface area (Å²) in [6.45, 7) is 6.21. The Balaban J connectivity index is 0.00000220. The summed E-state index contributed by atoms with van der Waals surface area (Å²) in [6, 6.07) is 10.8. The molecule has 1 aliphatic heterocycles. The average molecular weight is 311 g/mol. The summed E-state index contributed by atoms with van der Waals surface area (Å²) in [4.78, 5) is 12.1. The Bertz CT molecular complexity index is 416. The van der Waals surface area contributed by atoms with E-state index >= 15 is 0 Å². The fourth-order valence-electron chi connectivity index (χ4n) is 2.88. The molecule has 21 heavy (non-hydrogen) atoms. The van der Waals surface area contributed by atoms with Crippen molar-refractivity contribution in [3.05, 3.63) is 35.9 Å². The van der Waals surface area contributed by atoms with Crippen LogP contribution in [0.2, 0.25) is 0 Å². The minimum Gasteiger partial charge on any atom is -0.355 e. The van der Waals surface area contributed by atoms with Crippen molar-refractivity contribution in [3.63, 3.8) is 0 Å². The Labute approximate surface area is 134 Å². The van der Waals surface area contributed by atoms with Gasteiger partial charge < -0.3 is 10.6 Å². The molecule has 1 aromatic carbocycles. The molecule has 4 heteroatoms. The predicted octanol–water partition coefficient (Wildman–Crippen LogP) is 3.11. The fraction of sp³-hybridized carbons (Fsp3) is 0.588. The predicted molar refractivity (Wildman–Crippen MR) is 89.9 cm³/mol. The van der Waals surface area contributed by atoms with Gasteiger partial charge in [0.2, 0.25) is 5.91 Å². The maximum Gasteiger partial charge on any atom is 0.220 e. The molecule has 0 saturated carbocycles. The number of nitrogens with one attached hydrogen (secondary N) is 2. The zero-order chi connectivity index (χ0) is 14.4. The van der Waals surface area contributed by atoms with Crippen molar-refractivity contribution in [2.24, 2.45) is 5.92 Å². The number of benzene rings is 1. The molecule has 2 rings (SSSR count). The smallest absolute Gasteiger partial charge is 0.220 e. The highest BCUT2D eigenvalue weighted by Gasteiger charge is 2.20. The summed E-state index contributed by atoms with van der Waals surface area (Å²) in [5, 5.41) is 6.48. The van der Waals surface area contributed by atoms with Gasteiger partial charge in [-0.05, 0) is 36.8 Å². The number of amides is 1. The van der Waals surface area contributed by atoms with Gasteiger partial charge in [-0.2, -0.15) is 0 Å². The molecule has 118 valence electrons. The highest BCUT2D eigenvalue weighted by atomic mass is 35.5. The van der Waals surface area contributed by atoms with Crippen LogP contribution in [-0.2, 0) is 4.79 Å². The first-order valence-electron chi connectivity index (χ1n) is 7.72. The molecular formula is C17H27ClN2O. The summed E-state index contributed by atoms with van der Waals surface area (Å²) in [5.41, 5.74) is 1.26. The van der Waals surface area contributed by atoms with Crippen LogP contribution in [0.4, 0.5) is 0 Å². The van der Waals surface area contributed by atoms with Crippen LogP contribution in [0.5, 0.6) is 0 Å². The first kappa shape index (κ1) is 18.0. The fourth-order valence-corrected chi connectivity index (χ4v) is 2.88. The standard InChI is InChI=1S/C17H26N2O.ClH/c1-13(2)16(14-7-4-3-5-8-14)11-17(20)19-12-15-9-6-10-18-15;/h3-5,7-8,13,15-16,18H,6,9-12H2,1-2H3,(H,19,20);1H. The topological polar surface area (TPSA) is 41.1 Å². The molecule has 1 heterocycles. The average Bonchev–Trinajstić information content (AvgIpc) is 2.96. The van der Waals surface area contributed by atoms with Gasteiger partial charge in [-0.15, -0.1) is 12.4 Å². The second-order valence-corrected chi connectivity index (χ2v) is 6.06. The molecular weight excluding hydrogens is 284 g/mol. The SMILES string of the molecule is CC(C)C(CC(=O)NCC1CCCN1)c1ccccc1.Cl. The zero-order valence-corrected chi connectivity index (χ0v) is 13.8. The van der Waals surface area contributed by atoms with Crippen molar-refractivity contribution in [1.29, 1.82) is 0 Å². The van der Waals surface area contributed by atoms with Crippen LogP contribution in [0.1, 0.15) is 44.6 Å². The lowest BCUT2D eigenvalue weighted by molar-refractivity contribution is -0.121. The van der Waals surface area contributed by atoms with Crippen LogP contribution in [0.3, 0.4) is 0 Å². The van der Waals surface area contributed by atoms with Crippen LogP contribution in [0, 0.1) is 5.92 Å². The van der Waals surface area contributed by atoms with Crippen LogP contribution in [0.15, 0.2) is 30.3 Å². The molecule has 1 saturated heterocycles. The van der Waals surface area contributed by atoms with Crippen molar-refractivity contribution in [3.8, 4) is 0 Å². The Morgan fingerprint density at radius 2 is 2.05 bits per heavy atom. The van der Waals surface area contributed by atoms with Crippen molar-refractivity contribution in [1.82, 2.24) is 10.6 Å². The lowest BCUT2D eigenvalue weighted by Gasteiger charge is -2.21. The van der Waals surface area contributed by atoms with Gasteiger partial charge >= 0.3 is 0 Å². The van der Waals surface area contributed by atoms with Crippen molar-refractivity contribution in [2.75, 3.05) is 13.1 Å². The van der Waals surface area contributed by atoms with E-state index in [1.807, 2.05) is 18.2 Å². The molecule has 2 atom stereocenters. The first-order chi connectivity index (χ1) is 9.66. The van der Waals surface area contributed by atoms with Gasteiger partial charge in [-0.1, -0.05) is 44.2 Å². The van der Waals surface area contributed by atoms with Crippen LogP contribution in [-0.4, -0.2) is 25.0 Å². The van der Waals surface area contributed by atoms with Gasteiger partial charge in [0.05, 0.1) is 0 Å². The van der Waals surface area contributed by atoms with E-state index in [1.54, 1.807) is 0 Å². The van der Waals surface area contributed by atoms with E-state index in [2.05, 4.69) is 36.6 Å². The van der Waals surface area contributed by atoms with E-state index in [1.165, 1.54) is 18.4 Å². The maximum absolute atomic E-state index is 12.1. The van der Waals surface area contributed by atoms with Gasteiger partial charge in [0.25, 0.3) is 0 Å². The van der Waals surface area contributed by atoms with Crippen molar-refractivity contribution >= 4 is 18.3 Å². The normalized spacial score (nSPS) is 19.1. The third-order valence-corrected chi connectivity index (χ3v) is 4.15. The summed E-state index contributed by atoms with van der Waals surface area (Å²) in [6.07, 6.45) is 2.97. The van der Waals surface area contributed by atoms with Crippen LogP contribution >= 0.6 is 12.4 Å². The lowest BCUT2D eigenvalue weighted by atomic mass is 9.85. The number of halogens is 1. The summed E-state index contributed by atoms with van der Waals surface area (Å²) in [7, 11) is 0. The maximum atomic E-state index is 12.1. The van der Waals surface area contributed by atoms with E-state index in [-0.39, 0.29) is 18.3 Å². The van der Waals surface area contributed by atoms with Gasteiger partial charge in [-0.25, -0.2) is 0 Å². The number of carbonyl (C=O) groups excluding carboxylic acids is 1. The molecule has 3 nitrogen and oxygen atoms in total. The Kier molecular flexibility index (Phi) is 7.76. The lowest BCUT2D eigenvalue weighted by Crippen LogP contribution is -2.37. The van der Waals surface area contributed by atoms with E-state index < -0.39 is 0 Å². The molecule has 0 aromatic heterocycles. The molecule has 0 radical (unpaired) electrons. The molecule has 1 amide bonds. The number of carbonyl (C=O) groups is 1. The highest BCUT2D eigenvalue weighted by Crippen LogP contribution is 2.27. The van der Waals surface area contributed by atoms with E-state index in [4.69, 9.17) is 0 Å². The first-order valence-corrected chi connectivity index (χ1v) is 7.72. The third kappa shape index (κ3) is 5.68. The minimum absolute atomic E-state index is 0. The molecule has 2 unspecified atom stereocenters. The number of hydrogen-bond donors (Lipinski definition) is 2. The van der Waals surface area contributed by atoms with Crippen LogP contribution in [0.25, 0.3) is 0 Å². The quantitative estimate of drug-likeness (QED) is 0.847. The number of hydrogen-bond acceptors (Lipinski definition) is 2. The third-order valence-electron chi connectivity index (χ3n) is 4.15. The molecule has 1 aromatic rings. The van der Waals surface area contributed by atoms with Gasteiger partial charge in [0, 0.05) is 19.0 Å². The van der Waals surface area contributed by atoms with Gasteiger partial charge in [0.15, 0.2) is 0 Å². The molecule has 0 bridgehead atoms. The molecule has 0 aliphatic carbocycles. The van der Waals surface area contributed by atoms with Crippen LogP contribution < -0.4 is 10.6 Å². The Morgan fingerprint density at radius 3 is 2.62 bits per heavy atom. The van der Waals surface area contributed by atoms with Crippen molar-refractivity contribution in [2.45, 2.75) is 45.1 Å². The van der Waals surface area contributed by atoms with E-state index in [0.717, 1.165) is 13.1 Å². The molecule has 0 spiro atoms. The largest absolute Gasteiger partial charge is 0.355 e. The second kappa shape index (κ2) is 9.06. The number of rotatable bonds is 6. The monoisotopic (exact) mass is 310 g/mol. The zero-order valence-electron chi connectivity index (χ0n) is 13.0. The highest BCUT2D eigenvalue weighted by molar-refractivity contribution is 5.85. The summed E-state index contributed by atoms with van der Waals surface area (Å²) >= 11 is 0. The van der Waals surface area contributed by atoms with Gasteiger partial charge in [0.1, 0.15) is 0 Å². The summed E-state index contributed by atoms with van der Waals surface area (Å²) < 4.78 is 0. The Hall–Kier alpha value is -1.06. The molecule has 2 N–H and O–H groups in total. The van der Waals surface area contributed by atoms with E-state index in [0.29, 0.717) is 24.3 Å².